The van der Waals surface area contributed by atoms with E-state index in [2.05, 4.69) is 26.1 Å². The van der Waals surface area contributed by atoms with Crippen LogP contribution in [0, 0.1) is 6.92 Å². The number of hydrogen-bond donors (Lipinski definition) is 2. The van der Waals surface area contributed by atoms with Crippen molar-refractivity contribution in [3.05, 3.63) is 27.7 Å². The number of methoxy groups -OCH3 is 1. The molecule has 5 nitrogen and oxygen atoms in total. The van der Waals surface area contributed by atoms with Gasteiger partial charge in [0, 0.05) is 0 Å². The molecule has 86 valence electrons. The van der Waals surface area contributed by atoms with Crippen LogP contribution in [0.15, 0.2) is 26.8 Å². The standard InChI is InChI=1S/C10H13BrN4O/c1-6-3-7(5-14-15-10(12)13)4-8(11)9(6)16-2/h3-5H,1-2H3,(H4,12,13,15). The third-order valence-corrected chi connectivity index (χ3v) is 2.42. The zero-order valence-corrected chi connectivity index (χ0v) is 10.7. The minimum Gasteiger partial charge on any atom is -0.495 e. The Morgan fingerprint density at radius 3 is 2.62 bits per heavy atom. The van der Waals surface area contributed by atoms with E-state index in [1.807, 2.05) is 19.1 Å². The molecule has 0 spiro atoms. The van der Waals surface area contributed by atoms with Crippen molar-refractivity contribution < 1.29 is 4.74 Å². The molecule has 0 unspecified atom stereocenters. The number of hydrogen-bond acceptors (Lipinski definition) is 3. The molecule has 0 atom stereocenters. The van der Waals surface area contributed by atoms with E-state index in [9.17, 15) is 0 Å². The van der Waals surface area contributed by atoms with Gasteiger partial charge in [-0.25, -0.2) is 0 Å². The molecule has 0 bridgehead atoms. The minimum atomic E-state index is -0.0689. The lowest BCUT2D eigenvalue weighted by Gasteiger charge is -2.07. The fourth-order valence-electron chi connectivity index (χ4n) is 1.25. The number of nitrogens with zero attached hydrogens (tertiary/aromatic N) is 2. The number of nitrogens with two attached hydrogens (primary N) is 2. The number of benzene rings is 1. The number of halogens is 1. The zero-order valence-electron chi connectivity index (χ0n) is 9.07. The molecule has 0 aliphatic rings. The topological polar surface area (TPSA) is 86.0 Å². The summed E-state index contributed by atoms with van der Waals surface area (Å²) in [5, 5.41) is 7.25. The number of guanidine groups is 1. The lowest BCUT2D eigenvalue weighted by molar-refractivity contribution is 0.409. The SMILES string of the molecule is COc1c(C)cc(C=NN=C(N)N)cc1Br. The Labute approximate surface area is 102 Å². The Morgan fingerprint density at radius 2 is 2.12 bits per heavy atom. The summed E-state index contributed by atoms with van der Waals surface area (Å²) in [6.07, 6.45) is 1.57. The molecule has 1 aromatic rings. The number of aryl methyl sites for hydroxylation is 1. The van der Waals surface area contributed by atoms with E-state index in [4.69, 9.17) is 16.2 Å². The maximum absolute atomic E-state index is 5.21. The number of ether oxygens (including phenoxy) is 1. The molecule has 0 aliphatic heterocycles. The van der Waals surface area contributed by atoms with Crippen LogP contribution in [-0.4, -0.2) is 19.3 Å². The summed E-state index contributed by atoms with van der Waals surface area (Å²) < 4.78 is 6.08. The Bertz CT molecular complexity index is 415. The van der Waals surface area contributed by atoms with Gasteiger partial charge in [0.1, 0.15) is 5.75 Å². The number of rotatable bonds is 3. The van der Waals surface area contributed by atoms with Gasteiger partial charge in [0.05, 0.1) is 17.8 Å². The fourth-order valence-corrected chi connectivity index (χ4v) is 1.99. The molecule has 1 rings (SSSR count). The Hall–Kier alpha value is -1.56. The van der Waals surface area contributed by atoms with Crippen molar-refractivity contribution >= 4 is 28.1 Å². The van der Waals surface area contributed by atoms with Gasteiger partial charge in [0.2, 0.25) is 5.96 Å². The van der Waals surface area contributed by atoms with E-state index in [-0.39, 0.29) is 5.96 Å². The molecule has 0 aromatic heterocycles. The first kappa shape index (κ1) is 12.5. The lowest BCUT2D eigenvalue weighted by Crippen LogP contribution is -2.21. The van der Waals surface area contributed by atoms with Crippen LogP contribution in [0.1, 0.15) is 11.1 Å². The molecule has 0 heterocycles. The Balaban J connectivity index is 3.00. The highest BCUT2D eigenvalue weighted by atomic mass is 79.9. The molecule has 4 N–H and O–H groups in total. The van der Waals surface area contributed by atoms with Crippen molar-refractivity contribution in [3.8, 4) is 5.75 Å². The van der Waals surface area contributed by atoms with Crippen molar-refractivity contribution in [3.63, 3.8) is 0 Å². The van der Waals surface area contributed by atoms with Crippen LogP contribution in [0.4, 0.5) is 0 Å². The lowest BCUT2D eigenvalue weighted by atomic mass is 10.1. The molecular formula is C10H13BrN4O. The first-order valence-corrected chi connectivity index (χ1v) is 5.30. The van der Waals surface area contributed by atoms with Crippen LogP contribution < -0.4 is 16.2 Å². The second-order valence-corrected chi connectivity index (χ2v) is 3.98. The van der Waals surface area contributed by atoms with E-state index < -0.39 is 0 Å². The van der Waals surface area contributed by atoms with Gasteiger partial charge in [-0.15, -0.1) is 5.10 Å². The average Bonchev–Trinajstić information content (AvgIpc) is 2.16. The highest BCUT2D eigenvalue weighted by Gasteiger charge is 2.04. The van der Waals surface area contributed by atoms with Gasteiger partial charge in [0.15, 0.2) is 0 Å². The quantitative estimate of drug-likeness (QED) is 0.499. The van der Waals surface area contributed by atoms with Crippen LogP contribution >= 0.6 is 15.9 Å². The first-order valence-electron chi connectivity index (χ1n) is 4.50. The molecular weight excluding hydrogens is 272 g/mol. The zero-order chi connectivity index (χ0) is 12.1. The maximum atomic E-state index is 5.21. The Morgan fingerprint density at radius 1 is 1.44 bits per heavy atom. The third kappa shape index (κ3) is 3.23. The van der Waals surface area contributed by atoms with Gasteiger partial charge in [-0.1, -0.05) is 0 Å². The van der Waals surface area contributed by atoms with Gasteiger partial charge in [-0.2, -0.15) is 5.10 Å². The van der Waals surface area contributed by atoms with E-state index in [1.165, 1.54) is 0 Å². The van der Waals surface area contributed by atoms with Crippen LogP contribution in [0.3, 0.4) is 0 Å². The van der Waals surface area contributed by atoms with Crippen molar-refractivity contribution in [1.29, 1.82) is 0 Å². The van der Waals surface area contributed by atoms with Crippen molar-refractivity contribution in [2.24, 2.45) is 21.7 Å². The largest absolute Gasteiger partial charge is 0.495 e. The van der Waals surface area contributed by atoms with E-state index >= 15 is 0 Å². The second-order valence-electron chi connectivity index (χ2n) is 3.12. The molecule has 16 heavy (non-hydrogen) atoms. The third-order valence-electron chi connectivity index (χ3n) is 1.84. The maximum Gasteiger partial charge on any atom is 0.211 e. The minimum absolute atomic E-state index is 0.0689. The van der Waals surface area contributed by atoms with Gasteiger partial charge >= 0.3 is 0 Å². The highest BCUT2D eigenvalue weighted by Crippen LogP contribution is 2.29. The van der Waals surface area contributed by atoms with E-state index in [1.54, 1.807) is 13.3 Å². The molecule has 0 saturated heterocycles. The molecule has 0 radical (unpaired) electrons. The highest BCUT2D eigenvalue weighted by molar-refractivity contribution is 9.10. The fraction of sp³-hybridized carbons (Fsp3) is 0.200. The average molecular weight is 285 g/mol. The second kappa shape index (κ2) is 5.50. The van der Waals surface area contributed by atoms with Gasteiger partial charge in [-0.05, 0) is 46.1 Å². The van der Waals surface area contributed by atoms with Crippen LogP contribution in [-0.2, 0) is 0 Å². The summed E-state index contributed by atoms with van der Waals surface area (Å²) >= 11 is 3.41. The van der Waals surface area contributed by atoms with E-state index in [0.29, 0.717) is 0 Å². The summed E-state index contributed by atoms with van der Waals surface area (Å²) in [6, 6.07) is 3.80. The molecule has 0 saturated carbocycles. The van der Waals surface area contributed by atoms with Crippen molar-refractivity contribution in [1.82, 2.24) is 0 Å². The van der Waals surface area contributed by atoms with Crippen LogP contribution in [0.5, 0.6) is 5.75 Å². The predicted octanol–water partition coefficient (Wildman–Crippen LogP) is 1.37. The predicted molar refractivity (Wildman–Crippen MR) is 68.8 cm³/mol. The molecule has 6 heteroatoms. The van der Waals surface area contributed by atoms with Gasteiger partial charge in [0.25, 0.3) is 0 Å². The van der Waals surface area contributed by atoms with Crippen LogP contribution in [0.25, 0.3) is 0 Å². The molecule has 0 aliphatic carbocycles. The normalized spacial score (nSPS) is 10.4. The van der Waals surface area contributed by atoms with Gasteiger partial charge in [-0.3, -0.25) is 0 Å². The van der Waals surface area contributed by atoms with Crippen molar-refractivity contribution in [2.45, 2.75) is 6.92 Å². The van der Waals surface area contributed by atoms with Crippen LogP contribution in [0.2, 0.25) is 0 Å². The molecule has 0 fully saturated rings. The molecule has 0 amide bonds. The first-order chi connectivity index (χ1) is 7.54. The summed E-state index contributed by atoms with van der Waals surface area (Å²) in [5.74, 6) is 0.736. The van der Waals surface area contributed by atoms with Crippen molar-refractivity contribution in [2.75, 3.05) is 7.11 Å². The summed E-state index contributed by atoms with van der Waals surface area (Å²) in [4.78, 5) is 0. The van der Waals surface area contributed by atoms with Gasteiger partial charge < -0.3 is 16.2 Å². The smallest absolute Gasteiger partial charge is 0.211 e. The monoisotopic (exact) mass is 284 g/mol. The molecule has 1 aromatic carbocycles. The Kier molecular flexibility index (Phi) is 4.30. The summed E-state index contributed by atoms with van der Waals surface area (Å²) in [6.45, 7) is 1.95. The summed E-state index contributed by atoms with van der Waals surface area (Å²) in [5.41, 5.74) is 12.2. The van der Waals surface area contributed by atoms with E-state index in [0.717, 1.165) is 21.3 Å². The summed E-state index contributed by atoms with van der Waals surface area (Å²) in [7, 11) is 1.63.